The number of rotatable bonds is 1. The zero-order chi connectivity index (χ0) is 10.2. The van der Waals surface area contributed by atoms with Gasteiger partial charge in [0.25, 0.3) is 0 Å². The Labute approximate surface area is 80.2 Å². The van der Waals surface area contributed by atoms with Crippen LogP contribution in [0.1, 0.15) is 30.4 Å². The number of hydrogen-bond donors (Lipinski definition) is 1. The van der Waals surface area contributed by atoms with Gasteiger partial charge in [0.15, 0.2) is 9.84 Å². The van der Waals surface area contributed by atoms with E-state index in [0.29, 0.717) is 12.8 Å². The Hall–Kier alpha value is -1.11. The lowest BCUT2D eigenvalue weighted by Gasteiger charge is -2.18. The summed E-state index contributed by atoms with van der Waals surface area (Å²) < 4.78 is 27.9. The Morgan fingerprint density at radius 3 is 2.79 bits per heavy atom. The van der Waals surface area contributed by atoms with Crippen molar-refractivity contribution in [3.63, 3.8) is 0 Å². The van der Waals surface area contributed by atoms with E-state index in [-0.39, 0.29) is 11.6 Å². The molecule has 78 valence electrons. The lowest BCUT2D eigenvalue weighted by molar-refractivity contribution is 0.360. The highest BCUT2D eigenvalue weighted by Crippen LogP contribution is 2.31. The predicted molar refractivity (Wildman–Crippen MR) is 47.5 cm³/mol. The fourth-order valence-electron chi connectivity index (χ4n) is 1.61. The molecule has 0 radical (unpaired) electrons. The molecule has 1 saturated heterocycles. The van der Waals surface area contributed by atoms with Gasteiger partial charge in [0.2, 0.25) is 5.89 Å². The summed E-state index contributed by atoms with van der Waals surface area (Å²) in [4.78, 5) is 14.2. The fourth-order valence-corrected chi connectivity index (χ4v) is 3.44. The summed E-state index contributed by atoms with van der Waals surface area (Å²) in [5.74, 6) is 0.142. The number of H-pyrrole nitrogens is 1. The van der Waals surface area contributed by atoms with Gasteiger partial charge >= 0.3 is 5.69 Å². The number of nitrogens with zero attached hydrogens (tertiary/aromatic N) is 1. The summed E-state index contributed by atoms with van der Waals surface area (Å²) in [5.41, 5.74) is -0.638. The Morgan fingerprint density at radius 1 is 1.43 bits per heavy atom. The Kier molecular flexibility index (Phi) is 2.18. The molecule has 14 heavy (non-hydrogen) atoms. The minimum Gasteiger partial charge on any atom is -0.361 e. The minimum absolute atomic E-state index is 0.00491. The van der Waals surface area contributed by atoms with Gasteiger partial charge in [0.1, 0.15) is 5.25 Å². The molecule has 0 saturated carbocycles. The zero-order valence-electron chi connectivity index (χ0n) is 7.39. The molecule has 1 aliphatic heterocycles. The monoisotopic (exact) mass is 218 g/mol. The summed E-state index contributed by atoms with van der Waals surface area (Å²) in [5, 5.41) is 1.26. The third kappa shape index (κ3) is 1.59. The van der Waals surface area contributed by atoms with Crippen LogP contribution in [-0.2, 0) is 9.84 Å². The molecule has 1 aromatic heterocycles. The Bertz CT molecular complexity index is 472. The molecule has 6 nitrogen and oxygen atoms in total. The maximum absolute atomic E-state index is 11.6. The van der Waals surface area contributed by atoms with Gasteiger partial charge < -0.3 is 4.52 Å². The van der Waals surface area contributed by atoms with Crippen molar-refractivity contribution < 1.29 is 12.9 Å². The SMILES string of the molecule is O=c1nc(C2CCCCS2(=O)=O)o[nH]1. The van der Waals surface area contributed by atoms with Crippen LogP contribution < -0.4 is 5.69 Å². The zero-order valence-corrected chi connectivity index (χ0v) is 8.21. The molecule has 2 rings (SSSR count). The van der Waals surface area contributed by atoms with Crippen LogP contribution in [0, 0.1) is 0 Å². The first kappa shape index (κ1) is 9.45. The summed E-state index contributed by atoms with van der Waals surface area (Å²) in [6.45, 7) is 0. The quantitative estimate of drug-likeness (QED) is 0.716. The average molecular weight is 218 g/mol. The van der Waals surface area contributed by atoms with Gasteiger partial charge in [-0.2, -0.15) is 10.1 Å². The number of nitrogens with one attached hydrogen (secondary N) is 1. The van der Waals surface area contributed by atoms with Crippen LogP contribution in [0.15, 0.2) is 9.32 Å². The molecule has 1 fully saturated rings. The van der Waals surface area contributed by atoms with Gasteiger partial charge in [0.05, 0.1) is 5.75 Å². The minimum atomic E-state index is -3.18. The normalized spacial score (nSPS) is 26.1. The topological polar surface area (TPSA) is 93.0 Å². The van der Waals surface area contributed by atoms with E-state index in [1.54, 1.807) is 0 Å². The van der Waals surface area contributed by atoms with Crippen molar-refractivity contribution in [3.8, 4) is 0 Å². The van der Waals surface area contributed by atoms with E-state index < -0.39 is 20.8 Å². The van der Waals surface area contributed by atoms with Gasteiger partial charge in [-0.25, -0.2) is 13.2 Å². The number of aromatic amines is 1. The molecule has 1 unspecified atom stereocenters. The van der Waals surface area contributed by atoms with Crippen LogP contribution in [0.4, 0.5) is 0 Å². The van der Waals surface area contributed by atoms with Crippen LogP contribution in [0.5, 0.6) is 0 Å². The number of aromatic nitrogens is 2. The highest BCUT2D eigenvalue weighted by Gasteiger charge is 2.34. The smallest absolute Gasteiger partial charge is 0.361 e. The van der Waals surface area contributed by atoms with Crippen molar-refractivity contribution in [2.75, 3.05) is 5.75 Å². The Morgan fingerprint density at radius 2 is 2.21 bits per heavy atom. The van der Waals surface area contributed by atoms with E-state index in [2.05, 4.69) is 4.98 Å². The molecule has 1 atom stereocenters. The van der Waals surface area contributed by atoms with Gasteiger partial charge in [-0.05, 0) is 12.8 Å². The summed E-state index contributed by atoms with van der Waals surface area (Å²) in [6.07, 6.45) is 1.98. The standard InChI is InChI=1S/C7H10N2O4S/c10-7-8-6(13-9-7)5-3-1-2-4-14(5,11)12/h5H,1-4H2,(H,9,10). The van der Waals surface area contributed by atoms with Crippen molar-refractivity contribution in [2.24, 2.45) is 0 Å². The van der Waals surface area contributed by atoms with E-state index in [9.17, 15) is 13.2 Å². The van der Waals surface area contributed by atoms with E-state index >= 15 is 0 Å². The van der Waals surface area contributed by atoms with Gasteiger partial charge in [-0.1, -0.05) is 6.42 Å². The van der Waals surface area contributed by atoms with Gasteiger partial charge in [-0.15, -0.1) is 0 Å². The maximum Gasteiger partial charge on any atom is 0.377 e. The molecule has 0 spiro atoms. The van der Waals surface area contributed by atoms with E-state index in [0.717, 1.165) is 6.42 Å². The number of sulfone groups is 1. The third-order valence-corrected chi connectivity index (χ3v) is 4.47. The molecule has 7 heteroatoms. The molecular weight excluding hydrogens is 208 g/mol. The molecule has 0 aromatic carbocycles. The first-order valence-corrected chi connectivity index (χ1v) is 6.08. The molecule has 2 heterocycles. The molecule has 0 bridgehead atoms. The fraction of sp³-hybridized carbons (Fsp3) is 0.714. The van der Waals surface area contributed by atoms with Crippen molar-refractivity contribution in [2.45, 2.75) is 24.5 Å². The second kappa shape index (κ2) is 3.23. The highest BCUT2D eigenvalue weighted by atomic mass is 32.2. The van der Waals surface area contributed by atoms with Gasteiger partial charge in [-0.3, -0.25) is 0 Å². The van der Waals surface area contributed by atoms with Crippen LogP contribution in [0.3, 0.4) is 0 Å². The van der Waals surface area contributed by atoms with E-state index in [1.807, 2.05) is 5.16 Å². The summed E-state index contributed by atoms with van der Waals surface area (Å²) >= 11 is 0. The van der Waals surface area contributed by atoms with Crippen molar-refractivity contribution in [3.05, 3.63) is 16.4 Å². The second-order valence-corrected chi connectivity index (χ2v) is 5.61. The second-order valence-electron chi connectivity index (χ2n) is 3.31. The summed E-state index contributed by atoms with van der Waals surface area (Å²) in [6, 6.07) is 0. The average Bonchev–Trinajstić information content (AvgIpc) is 2.51. The van der Waals surface area contributed by atoms with Crippen LogP contribution in [0.25, 0.3) is 0 Å². The van der Waals surface area contributed by atoms with E-state index in [1.165, 1.54) is 0 Å². The first-order chi connectivity index (χ1) is 6.59. The van der Waals surface area contributed by atoms with Crippen molar-refractivity contribution >= 4 is 9.84 Å². The van der Waals surface area contributed by atoms with Crippen LogP contribution in [-0.4, -0.2) is 24.3 Å². The third-order valence-electron chi connectivity index (χ3n) is 2.31. The lowest BCUT2D eigenvalue weighted by Crippen LogP contribution is -2.22. The predicted octanol–water partition coefficient (Wildman–Crippen LogP) is 0.00270. The first-order valence-electron chi connectivity index (χ1n) is 4.36. The van der Waals surface area contributed by atoms with Crippen molar-refractivity contribution in [1.29, 1.82) is 0 Å². The van der Waals surface area contributed by atoms with Crippen LogP contribution >= 0.6 is 0 Å². The van der Waals surface area contributed by atoms with Gasteiger partial charge in [0, 0.05) is 0 Å². The highest BCUT2D eigenvalue weighted by molar-refractivity contribution is 7.91. The molecule has 1 aliphatic rings. The molecule has 1 aromatic rings. The molecule has 1 N–H and O–H groups in total. The lowest BCUT2D eigenvalue weighted by atomic mass is 10.2. The maximum atomic E-state index is 11.6. The summed E-state index contributed by atoms with van der Waals surface area (Å²) in [7, 11) is -3.18. The molecular formula is C7H10N2O4S. The van der Waals surface area contributed by atoms with Crippen LogP contribution in [0.2, 0.25) is 0 Å². The Balaban J connectivity index is 2.38. The largest absolute Gasteiger partial charge is 0.377 e. The molecule has 0 amide bonds. The molecule has 0 aliphatic carbocycles. The van der Waals surface area contributed by atoms with Crippen molar-refractivity contribution in [1.82, 2.24) is 10.1 Å². The number of hydrogen-bond acceptors (Lipinski definition) is 5. The van der Waals surface area contributed by atoms with E-state index in [4.69, 9.17) is 4.52 Å².